The summed E-state index contributed by atoms with van der Waals surface area (Å²) in [6.45, 7) is 2.03. The first kappa shape index (κ1) is 9.59. The zero-order valence-electron chi connectivity index (χ0n) is 8.47. The van der Waals surface area contributed by atoms with Crippen molar-refractivity contribution < 1.29 is 9.84 Å². The molecule has 0 unspecified atom stereocenters. The van der Waals surface area contributed by atoms with Gasteiger partial charge in [0.05, 0.1) is 0 Å². The second-order valence-electron chi connectivity index (χ2n) is 3.41. The molecule has 0 spiro atoms. The Morgan fingerprint density at radius 3 is 2.33 bits per heavy atom. The van der Waals surface area contributed by atoms with Crippen molar-refractivity contribution in [1.82, 2.24) is 0 Å². The van der Waals surface area contributed by atoms with Crippen molar-refractivity contribution in [2.75, 3.05) is 0 Å². The van der Waals surface area contributed by atoms with E-state index in [2.05, 4.69) is 0 Å². The zero-order chi connectivity index (χ0) is 10.7. The van der Waals surface area contributed by atoms with Gasteiger partial charge in [-0.2, -0.15) is 0 Å². The van der Waals surface area contributed by atoms with Crippen LogP contribution in [0.2, 0.25) is 0 Å². The molecule has 2 nitrogen and oxygen atoms in total. The molecule has 0 amide bonds. The molecular weight excluding hydrogens is 188 g/mol. The van der Waals surface area contributed by atoms with Crippen LogP contribution in [-0.2, 0) is 0 Å². The Balaban J connectivity index is 2.18. The predicted octanol–water partition coefficient (Wildman–Crippen LogP) is 3.49. The normalized spacial score (nSPS) is 9.93. The topological polar surface area (TPSA) is 29.5 Å². The van der Waals surface area contributed by atoms with Crippen molar-refractivity contribution in [1.29, 1.82) is 0 Å². The number of phenols is 1. The lowest BCUT2D eigenvalue weighted by Gasteiger charge is -2.05. The summed E-state index contributed by atoms with van der Waals surface area (Å²) in [4.78, 5) is 0. The third-order valence-corrected chi connectivity index (χ3v) is 2.07. The maximum atomic E-state index is 9.26. The van der Waals surface area contributed by atoms with Gasteiger partial charge < -0.3 is 9.84 Å². The molecule has 2 heteroatoms. The molecule has 0 heterocycles. The molecule has 0 aromatic heterocycles. The molecule has 2 aromatic rings. The van der Waals surface area contributed by atoms with Gasteiger partial charge in [0.1, 0.15) is 17.2 Å². The van der Waals surface area contributed by atoms with Gasteiger partial charge in [-0.05, 0) is 31.2 Å². The van der Waals surface area contributed by atoms with E-state index in [1.54, 1.807) is 24.3 Å². The fraction of sp³-hybridized carbons (Fsp3) is 0.0769. The monoisotopic (exact) mass is 200 g/mol. The molecule has 15 heavy (non-hydrogen) atoms. The van der Waals surface area contributed by atoms with Crippen molar-refractivity contribution in [3.8, 4) is 17.2 Å². The van der Waals surface area contributed by atoms with Crippen LogP contribution in [0.1, 0.15) is 5.56 Å². The average Bonchev–Trinajstić information content (AvgIpc) is 2.22. The minimum absolute atomic E-state index is 0.208. The smallest absolute Gasteiger partial charge is 0.131 e. The summed E-state index contributed by atoms with van der Waals surface area (Å²) >= 11 is 0. The molecule has 0 bridgehead atoms. The van der Waals surface area contributed by atoms with Crippen LogP contribution in [0.15, 0.2) is 48.5 Å². The van der Waals surface area contributed by atoms with E-state index in [1.165, 1.54) is 5.56 Å². The number of hydrogen-bond acceptors (Lipinski definition) is 2. The zero-order valence-corrected chi connectivity index (χ0v) is 8.47. The molecule has 2 rings (SSSR count). The molecule has 2 aromatic carbocycles. The van der Waals surface area contributed by atoms with Crippen LogP contribution < -0.4 is 4.74 Å². The molecule has 0 saturated carbocycles. The van der Waals surface area contributed by atoms with Crippen LogP contribution in [0.25, 0.3) is 0 Å². The minimum atomic E-state index is 0.208. The Morgan fingerprint density at radius 1 is 0.933 bits per heavy atom. The average molecular weight is 200 g/mol. The van der Waals surface area contributed by atoms with Crippen LogP contribution in [0, 0.1) is 6.92 Å². The van der Waals surface area contributed by atoms with Gasteiger partial charge in [0.25, 0.3) is 0 Å². The van der Waals surface area contributed by atoms with Crippen molar-refractivity contribution in [3.05, 3.63) is 54.1 Å². The minimum Gasteiger partial charge on any atom is -0.508 e. The van der Waals surface area contributed by atoms with Gasteiger partial charge in [-0.15, -0.1) is 0 Å². The first-order chi connectivity index (χ1) is 7.24. The van der Waals surface area contributed by atoms with Crippen LogP contribution in [-0.4, -0.2) is 5.11 Å². The maximum Gasteiger partial charge on any atom is 0.131 e. The largest absolute Gasteiger partial charge is 0.508 e. The van der Waals surface area contributed by atoms with E-state index in [1.807, 2.05) is 31.2 Å². The van der Waals surface area contributed by atoms with E-state index in [4.69, 9.17) is 4.74 Å². The quantitative estimate of drug-likeness (QED) is 0.804. The number of phenolic OH excluding ortho intramolecular Hbond substituents is 1. The van der Waals surface area contributed by atoms with E-state index in [0.29, 0.717) is 5.75 Å². The highest BCUT2D eigenvalue weighted by atomic mass is 16.5. The van der Waals surface area contributed by atoms with E-state index in [0.717, 1.165) is 5.75 Å². The van der Waals surface area contributed by atoms with Gasteiger partial charge in [0.15, 0.2) is 0 Å². The highest BCUT2D eigenvalue weighted by Gasteiger charge is 1.97. The van der Waals surface area contributed by atoms with Crippen molar-refractivity contribution in [3.63, 3.8) is 0 Å². The molecule has 76 valence electrons. The fourth-order valence-electron chi connectivity index (χ4n) is 1.29. The van der Waals surface area contributed by atoms with Gasteiger partial charge in [0.2, 0.25) is 0 Å². The lowest BCUT2D eigenvalue weighted by Crippen LogP contribution is -1.83. The highest BCUT2D eigenvalue weighted by Crippen LogP contribution is 2.24. The van der Waals surface area contributed by atoms with Crippen LogP contribution in [0.3, 0.4) is 0 Å². The molecule has 0 aliphatic heterocycles. The van der Waals surface area contributed by atoms with E-state index in [9.17, 15) is 5.11 Å². The fourth-order valence-corrected chi connectivity index (χ4v) is 1.29. The molecule has 0 aliphatic rings. The molecule has 1 N–H and O–H groups in total. The molecule has 0 saturated heterocycles. The Labute approximate surface area is 88.8 Å². The van der Waals surface area contributed by atoms with Crippen molar-refractivity contribution >= 4 is 0 Å². The van der Waals surface area contributed by atoms with Gasteiger partial charge in [0, 0.05) is 6.07 Å². The first-order valence-electron chi connectivity index (χ1n) is 4.77. The number of aromatic hydroxyl groups is 1. The van der Waals surface area contributed by atoms with Crippen LogP contribution in [0.4, 0.5) is 0 Å². The van der Waals surface area contributed by atoms with Gasteiger partial charge in [-0.25, -0.2) is 0 Å². The number of rotatable bonds is 2. The highest BCUT2D eigenvalue weighted by molar-refractivity contribution is 5.36. The van der Waals surface area contributed by atoms with E-state index < -0.39 is 0 Å². The second-order valence-corrected chi connectivity index (χ2v) is 3.41. The lowest BCUT2D eigenvalue weighted by molar-refractivity contribution is 0.455. The third-order valence-electron chi connectivity index (χ3n) is 2.07. The maximum absolute atomic E-state index is 9.26. The molecular formula is C13H12O2. The SMILES string of the molecule is Cc1ccc(Oc2cccc(O)c2)cc1. The standard InChI is InChI=1S/C13H12O2/c1-10-5-7-12(8-6-10)15-13-4-2-3-11(14)9-13/h2-9,14H,1H3. The van der Waals surface area contributed by atoms with Crippen LogP contribution in [0.5, 0.6) is 17.2 Å². The number of ether oxygens (including phenoxy) is 1. The summed E-state index contributed by atoms with van der Waals surface area (Å²) in [5, 5.41) is 9.26. The summed E-state index contributed by atoms with van der Waals surface area (Å²) in [5.74, 6) is 1.62. The number of hydrogen-bond donors (Lipinski definition) is 1. The molecule has 0 radical (unpaired) electrons. The first-order valence-corrected chi connectivity index (χ1v) is 4.77. The summed E-state index contributed by atoms with van der Waals surface area (Å²) in [6, 6.07) is 14.5. The molecule has 0 fully saturated rings. The summed E-state index contributed by atoms with van der Waals surface area (Å²) < 4.78 is 5.55. The summed E-state index contributed by atoms with van der Waals surface area (Å²) in [7, 11) is 0. The Bertz CT molecular complexity index is 446. The van der Waals surface area contributed by atoms with Gasteiger partial charge in [-0.1, -0.05) is 23.8 Å². The molecule has 0 aliphatic carbocycles. The van der Waals surface area contributed by atoms with Crippen molar-refractivity contribution in [2.45, 2.75) is 6.92 Å². The third kappa shape index (κ3) is 2.50. The number of aryl methyl sites for hydroxylation is 1. The Hall–Kier alpha value is -1.96. The molecule has 0 atom stereocenters. The van der Waals surface area contributed by atoms with E-state index >= 15 is 0 Å². The predicted molar refractivity (Wildman–Crippen MR) is 59.4 cm³/mol. The van der Waals surface area contributed by atoms with Gasteiger partial charge in [-0.3, -0.25) is 0 Å². The van der Waals surface area contributed by atoms with Crippen LogP contribution >= 0.6 is 0 Å². The Morgan fingerprint density at radius 2 is 1.67 bits per heavy atom. The Kier molecular flexibility index (Phi) is 2.59. The summed E-state index contributed by atoms with van der Waals surface area (Å²) in [5.41, 5.74) is 1.19. The summed E-state index contributed by atoms with van der Waals surface area (Å²) in [6.07, 6.45) is 0. The van der Waals surface area contributed by atoms with Gasteiger partial charge >= 0.3 is 0 Å². The van der Waals surface area contributed by atoms with Crippen molar-refractivity contribution in [2.24, 2.45) is 0 Å². The van der Waals surface area contributed by atoms with E-state index in [-0.39, 0.29) is 5.75 Å². The second kappa shape index (κ2) is 4.05. The lowest BCUT2D eigenvalue weighted by atomic mass is 10.2. The number of benzene rings is 2.